The Morgan fingerprint density at radius 2 is 1.69 bits per heavy atom. The number of hydrogen-bond acceptors (Lipinski definition) is 4. The van der Waals surface area contributed by atoms with Crippen molar-refractivity contribution in [3.63, 3.8) is 0 Å². The van der Waals surface area contributed by atoms with Gasteiger partial charge in [0.2, 0.25) is 5.91 Å². The fourth-order valence-corrected chi connectivity index (χ4v) is 4.79. The van der Waals surface area contributed by atoms with Crippen molar-refractivity contribution in [3.05, 3.63) is 60.2 Å². The molecule has 0 radical (unpaired) electrons. The van der Waals surface area contributed by atoms with Crippen LogP contribution in [0.1, 0.15) is 10.4 Å². The van der Waals surface area contributed by atoms with E-state index in [2.05, 4.69) is 5.32 Å². The smallest absolute Gasteiger partial charge is 0.321 e. The van der Waals surface area contributed by atoms with Gasteiger partial charge in [0.1, 0.15) is 5.75 Å². The number of carbonyl (C=O) groups is 3. The van der Waals surface area contributed by atoms with Gasteiger partial charge in [-0.1, -0.05) is 24.3 Å². The fourth-order valence-electron chi connectivity index (χ4n) is 4.79. The Kier molecular flexibility index (Phi) is 5.78. The molecule has 0 bridgehead atoms. The number of likely N-dealkylation sites (tertiary alicyclic amines) is 2. The molecule has 2 heterocycles. The van der Waals surface area contributed by atoms with Gasteiger partial charge in [-0.25, -0.2) is 4.79 Å². The van der Waals surface area contributed by atoms with Crippen LogP contribution < -0.4 is 10.1 Å². The van der Waals surface area contributed by atoms with Crippen molar-refractivity contribution in [1.29, 1.82) is 0 Å². The Balaban J connectivity index is 1.52. The highest BCUT2D eigenvalue weighted by molar-refractivity contribution is 5.96. The molecule has 2 atom stereocenters. The van der Waals surface area contributed by atoms with E-state index in [0.29, 0.717) is 36.6 Å². The largest absolute Gasteiger partial charge is 0.497 e. The van der Waals surface area contributed by atoms with E-state index >= 15 is 0 Å². The molecular formula is C24H28N4O4. The molecule has 2 aliphatic rings. The number of fused-ring (bicyclic) bond motifs is 1. The third-order valence-electron chi connectivity index (χ3n) is 6.36. The second-order valence-electron chi connectivity index (χ2n) is 8.65. The van der Waals surface area contributed by atoms with Crippen LogP contribution in [-0.2, 0) is 4.79 Å². The third-order valence-corrected chi connectivity index (χ3v) is 6.36. The number of methoxy groups -OCH3 is 1. The van der Waals surface area contributed by atoms with Crippen LogP contribution in [0.4, 0.5) is 10.5 Å². The van der Waals surface area contributed by atoms with Gasteiger partial charge in [0.25, 0.3) is 5.91 Å². The molecule has 0 saturated carbocycles. The van der Waals surface area contributed by atoms with E-state index in [1.165, 1.54) is 0 Å². The van der Waals surface area contributed by atoms with Crippen molar-refractivity contribution in [3.8, 4) is 5.75 Å². The highest BCUT2D eigenvalue weighted by atomic mass is 16.5. The molecule has 1 N–H and O–H groups in total. The number of anilines is 1. The topological polar surface area (TPSA) is 82.2 Å². The summed E-state index contributed by atoms with van der Waals surface area (Å²) in [5.41, 5.74) is 0.424. The lowest BCUT2D eigenvalue weighted by molar-refractivity contribution is -0.139. The van der Waals surface area contributed by atoms with Crippen molar-refractivity contribution in [2.75, 3.05) is 52.7 Å². The Hall–Kier alpha value is -3.55. The van der Waals surface area contributed by atoms with Crippen LogP contribution in [0.5, 0.6) is 5.75 Å². The first kappa shape index (κ1) is 21.7. The molecule has 2 fully saturated rings. The van der Waals surface area contributed by atoms with Gasteiger partial charge in [0.15, 0.2) is 0 Å². The maximum Gasteiger partial charge on any atom is 0.321 e. The zero-order valence-electron chi connectivity index (χ0n) is 18.6. The number of benzene rings is 2. The molecule has 2 aliphatic heterocycles. The first-order valence-corrected chi connectivity index (χ1v) is 10.6. The molecule has 168 valence electrons. The summed E-state index contributed by atoms with van der Waals surface area (Å²) in [7, 11) is 5.01. The molecular weight excluding hydrogens is 408 g/mol. The normalized spacial score (nSPS) is 21.8. The molecule has 8 heteroatoms. The summed E-state index contributed by atoms with van der Waals surface area (Å²) in [4.78, 5) is 44.3. The predicted octanol–water partition coefficient (Wildman–Crippen LogP) is 2.39. The number of rotatable bonds is 4. The van der Waals surface area contributed by atoms with E-state index in [-0.39, 0.29) is 30.3 Å². The molecule has 4 amide bonds. The average molecular weight is 437 g/mol. The molecule has 0 aliphatic carbocycles. The Labute approximate surface area is 187 Å². The molecule has 8 nitrogen and oxygen atoms in total. The first-order valence-electron chi connectivity index (χ1n) is 10.6. The van der Waals surface area contributed by atoms with Crippen LogP contribution in [0.15, 0.2) is 54.6 Å². The lowest BCUT2D eigenvalue weighted by Gasteiger charge is -2.30. The lowest BCUT2D eigenvalue weighted by Crippen LogP contribution is -2.48. The number of nitrogens with zero attached hydrogens (tertiary/aromatic N) is 3. The second kappa shape index (κ2) is 8.53. The molecule has 4 rings (SSSR count). The van der Waals surface area contributed by atoms with E-state index in [1.807, 2.05) is 18.2 Å². The second-order valence-corrected chi connectivity index (χ2v) is 8.65. The third kappa shape index (κ3) is 3.88. The van der Waals surface area contributed by atoms with Crippen LogP contribution >= 0.6 is 0 Å². The van der Waals surface area contributed by atoms with E-state index in [0.717, 1.165) is 0 Å². The van der Waals surface area contributed by atoms with Gasteiger partial charge in [-0.15, -0.1) is 0 Å². The number of ether oxygens (including phenoxy) is 1. The number of nitrogens with one attached hydrogen (secondary N) is 1. The van der Waals surface area contributed by atoms with Gasteiger partial charge in [-0.05, 0) is 24.3 Å². The highest BCUT2D eigenvalue weighted by Crippen LogP contribution is 2.44. The molecule has 0 aromatic heterocycles. The van der Waals surface area contributed by atoms with Crippen LogP contribution in [0.25, 0.3) is 0 Å². The van der Waals surface area contributed by atoms with Gasteiger partial charge < -0.3 is 24.8 Å². The van der Waals surface area contributed by atoms with E-state index in [4.69, 9.17) is 4.74 Å². The van der Waals surface area contributed by atoms with E-state index in [1.54, 1.807) is 72.3 Å². The maximum atomic E-state index is 13.3. The van der Waals surface area contributed by atoms with Crippen molar-refractivity contribution in [2.45, 2.75) is 0 Å². The standard InChI is InChI=1S/C24H28N4O4/c1-26(2)22(30)24-15-27(21(29)17-8-5-4-6-9-17)13-18(24)14-28(16-24)23(31)25-19-10-7-11-20(12-19)32-3/h4-12,18H,13-16H2,1-3H3,(H,25,31)/t18-,24-/m0/s1. The minimum atomic E-state index is -0.806. The van der Waals surface area contributed by atoms with Crippen molar-refractivity contribution >= 4 is 23.5 Å². The quantitative estimate of drug-likeness (QED) is 0.798. The number of hydrogen-bond donors (Lipinski definition) is 1. The summed E-state index contributed by atoms with van der Waals surface area (Å²) < 4.78 is 5.21. The first-order chi connectivity index (χ1) is 15.3. The number of carbonyl (C=O) groups excluding carboxylic acids is 3. The Bertz CT molecular complexity index is 1030. The number of urea groups is 1. The highest BCUT2D eigenvalue weighted by Gasteiger charge is 2.59. The number of amides is 4. The van der Waals surface area contributed by atoms with Gasteiger partial charge in [-0.2, -0.15) is 0 Å². The summed E-state index contributed by atoms with van der Waals surface area (Å²) in [5.74, 6) is 0.386. The Morgan fingerprint density at radius 1 is 1.00 bits per heavy atom. The summed E-state index contributed by atoms with van der Waals surface area (Å²) in [6, 6.07) is 16.0. The summed E-state index contributed by atoms with van der Waals surface area (Å²) >= 11 is 0. The van der Waals surface area contributed by atoms with Gasteiger partial charge in [0, 0.05) is 63.5 Å². The van der Waals surface area contributed by atoms with Crippen LogP contribution in [-0.4, -0.2) is 79.9 Å². The monoisotopic (exact) mass is 436 g/mol. The summed E-state index contributed by atoms with van der Waals surface area (Å²) in [6.45, 7) is 1.42. The minimum Gasteiger partial charge on any atom is -0.497 e. The molecule has 2 aromatic carbocycles. The van der Waals surface area contributed by atoms with Crippen molar-refractivity contribution in [2.24, 2.45) is 11.3 Å². The van der Waals surface area contributed by atoms with Gasteiger partial charge in [-0.3, -0.25) is 9.59 Å². The van der Waals surface area contributed by atoms with Crippen LogP contribution in [0.2, 0.25) is 0 Å². The molecule has 0 unspecified atom stereocenters. The molecule has 2 saturated heterocycles. The molecule has 0 spiro atoms. The fraction of sp³-hybridized carbons (Fsp3) is 0.375. The molecule has 2 aromatic rings. The van der Waals surface area contributed by atoms with Crippen molar-refractivity contribution < 1.29 is 19.1 Å². The SMILES string of the molecule is COc1cccc(NC(=O)N2C[C@@H]3CN(C(=O)c4ccccc4)C[C@]3(C(=O)N(C)C)C2)c1. The minimum absolute atomic E-state index is 0.0532. The zero-order chi connectivity index (χ0) is 22.9. The van der Waals surface area contributed by atoms with Crippen molar-refractivity contribution in [1.82, 2.24) is 14.7 Å². The molecule has 32 heavy (non-hydrogen) atoms. The summed E-state index contributed by atoms with van der Waals surface area (Å²) in [6.07, 6.45) is 0. The Morgan fingerprint density at radius 3 is 2.38 bits per heavy atom. The van der Waals surface area contributed by atoms with E-state index in [9.17, 15) is 14.4 Å². The zero-order valence-corrected chi connectivity index (χ0v) is 18.6. The van der Waals surface area contributed by atoms with E-state index < -0.39 is 5.41 Å². The van der Waals surface area contributed by atoms with Crippen LogP contribution in [0, 0.1) is 11.3 Å². The van der Waals surface area contributed by atoms with Crippen LogP contribution in [0.3, 0.4) is 0 Å². The maximum absolute atomic E-state index is 13.3. The van der Waals surface area contributed by atoms with Gasteiger partial charge in [0.05, 0.1) is 12.5 Å². The average Bonchev–Trinajstić information content (AvgIpc) is 3.34. The predicted molar refractivity (Wildman–Crippen MR) is 121 cm³/mol. The lowest BCUT2D eigenvalue weighted by atomic mass is 9.80. The summed E-state index contributed by atoms with van der Waals surface area (Å²) in [5, 5.41) is 2.89. The van der Waals surface area contributed by atoms with Gasteiger partial charge >= 0.3 is 6.03 Å².